The molecule has 0 aliphatic rings. The Morgan fingerprint density at radius 2 is 1.92 bits per heavy atom. The Labute approximate surface area is 145 Å². The molecule has 0 atom stereocenters. The molecule has 0 bridgehead atoms. The van der Waals surface area contributed by atoms with E-state index in [1.54, 1.807) is 6.07 Å². The monoisotopic (exact) mass is 347 g/mol. The molecule has 2 rings (SSSR count). The summed E-state index contributed by atoms with van der Waals surface area (Å²) in [5, 5.41) is 3.88. The maximum absolute atomic E-state index is 12.1. The van der Waals surface area contributed by atoms with Gasteiger partial charge in [-0.25, -0.2) is 0 Å². The molecule has 0 fully saturated rings. The van der Waals surface area contributed by atoms with E-state index >= 15 is 0 Å². The molecule has 0 saturated carbocycles. The molecule has 0 unspecified atom stereocenters. The summed E-state index contributed by atoms with van der Waals surface area (Å²) in [5.41, 5.74) is 9.22. The topological polar surface area (TPSA) is 84.2 Å². The van der Waals surface area contributed by atoms with Crippen molar-refractivity contribution in [3.63, 3.8) is 0 Å². The third kappa shape index (κ3) is 4.61. The van der Waals surface area contributed by atoms with E-state index < -0.39 is 0 Å². The van der Waals surface area contributed by atoms with Crippen molar-refractivity contribution in [1.29, 1.82) is 0 Å². The van der Waals surface area contributed by atoms with Gasteiger partial charge in [0.25, 0.3) is 5.91 Å². The number of aromatic nitrogens is 1. The fraction of sp³-hybridized carbons (Fsp3) is 0.353. The Morgan fingerprint density at radius 3 is 2.54 bits per heavy atom. The Bertz CT molecular complexity index is 736. The van der Waals surface area contributed by atoms with Crippen LogP contribution in [0.25, 0.3) is 0 Å². The van der Waals surface area contributed by atoms with Crippen LogP contribution in [0.3, 0.4) is 0 Å². The predicted octanol–water partition coefficient (Wildman–Crippen LogP) is 2.60. The highest BCUT2D eigenvalue weighted by atomic mass is 32.2. The molecule has 6 nitrogen and oxygen atoms in total. The Hall–Kier alpha value is -2.28. The first-order chi connectivity index (χ1) is 11.4. The first-order valence-electron chi connectivity index (χ1n) is 7.54. The van der Waals surface area contributed by atoms with Gasteiger partial charge in [-0.05, 0) is 39.3 Å². The molecule has 0 aliphatic carbocycles. The van der Waals surface area contributed by atoms with Crippen molar-refractivity contribution in [2.75, 3.05) is 5.75 Å². The third-order valence-electron chi connectivity index (χ3n) is 3.60. The van der Waals surface area contributed by atoms with Crippen molar-refractivity contribution in [3.8, 4) is 0 Å². The first-order valence-corrected chi connectivity index (χ1v) is 8.70. The maximum Gasteiger partial charge on any atom is 0.269 e. The fourth-order valence-electron chi connectivity index (χ4n) is 2.25. The van der Waals surface area contributed by atoms with Crippen molar-refractivity contribution < 1.29 is 14.1 Å². The number of amides is 2. The van der Waals surface area contributed by atoms with Crippen LogP contribution in [0.15, 0.2) is 22.7 Å². The minimum absolute atomic E-state index is 0.233. The molecule has 2 N–H and O–H groups in total. The van der Waals surface area contributed by atoms with Crippen LogP contribution in [0, 0.1) is 27.7 Å². The smallest absolute Gasteiger partial charge is 0.269 e. The molecule has 1 heterocycles. The number of carbonyl (C=O) groups is 2. The van der Waals surface area contributed by atoms with Crippen molar-refractivity contribution in [2.45, 2.75) is 33.4 Å². The molecule has 128 valence electrons. The fourth-order valence-corrected chi connectivity index (χ4v) is 3.23. The van der Waals surface area contributed by atoms with Crippen LogP contribution < -0.4 is 10.9 Å². The van der Waals surface area contributed by atoms with Crippen molar-refractivity contribution in [3.05, 3.63) is 51.9 Å². The number of carbonyl (C=O) groups excluding carboxylic acids is 2. The van der Waals surface area contributed by atoms with Crippen LogP contribution in [0.5, 0.6) is 0 Å². The number of nitrogens with one attached hydrogen (secondary N) is 2. The minimum Gasteiger partial charge on any atom is -0.361 e. The van der Waals surface area contributed by atoms with Gasteiger partial charge in [0, 0.05) is 16.9 Å². The molecular weight excluding hydrogens is 326 g/mol. The zero-order valence-corrected chi connectivity index (χ0v) is 15.0. The molecule has 24 heavy (non-hydrogen) atoms. The van der Waals surface area contributed by atoms with Gasteiger partial charge >= 0.3 is 0 Å². The van der Waals surface area contributed by atoms with Crippen LogP contribution >= 0.6 is 11.8 Å². The van der Waals surface area contributed by atoms with E-state index in [0.717, 1.165) is 28.1 Å². The second-order valence-corrected chi connectivity index (χ2v) is 6.60. The molecule has 1 aromatic heterocycles. The highest BCUT2D eigenvalue weighted by Gasteiger charge is 2.12. The van der Waals surface area contributed by atoms with E-state index in [9.17, 15) is 9.59 Å². The zero-order valence-electron chi connectivity index (χ0n) is 14.2. The molecular formula is C17H21N3O3S. The van der Waals surface area contributed by atoms with E-state index in [0.29, 0.717) is 11.3 Å². The number of rotatable bonds is 5. The number of hydrazine groups is 1. The van der Waals surface area contributed by atoms with Crippen molar-refractivity contribution in [2.24, 2.45) is 0 Å². The van der Waals surface area contributed by atoms with Crippen LogP contribution in [0.4, 0.5) is 0 Å². The predicted molar refractivity (Wildman–Crippen MR) is 93.7 cm³/mol. The van der Waals surface area contributed by atoms with Gasteiger partial charge in [-0.3, -0.25) is 20.4 Å². The number of benzene rings is 1. The highest BCUT2D eigenvalue weighted by molar-refractivity contribution is 7.99. The quantitative estimate of drug-likeness (QED) is 0.812. The van der Waals surface area contributed by atoms with Gasteiger partial charge < -0.3 is 4.52 Å². The van der Waals surface area contributed by atoms with Crippen LogP contribution in [0.1, 0.15) is 38.5 Å². The van der Waals surface area contributed by atoms with Crippen molar-refractivity contribution >= 4 is 23.6 Å². The lowest BCUT2D eigenvalue weighted by Gasteiger charge is -2.09. The van der Waals surface area contributed by atoms with Gasteiger partial charge in [-0.1, -0.05) is 22.9 Å². The van der Waals surface area contributed by atoms with Crippen LogP contribution in [-0.2, 0) is 10.5 Å². The van der Waals surface area contributed by atoms with Gasteiger partial charge in [0.1, 0.15) is 5.76 Å². The van der Waals surface area contributed by atoms with Crippen molar-refractivity contribution in [1.82, 2.24) is 16.0 Å². The van der Waals surface area contributed by atoms with Gasteiger partial charge in [0.15, 0.2) is 0 Å². The average molecular weight is 347 g/mol. The van der Waals surface area contributed by atoms with E-state index in [2.05, 4.69) is 16.0 Å². The summed E-state index contributed by atoms with van der Waals surface area (Å²) in [6, 6.07) is 5.54. The number of hydrogen-bond donors (Lipinski definition) is 2. The highest BCUT2D eigenvalue weighted by Crippen LogP contribution is 2.19. The van der Waals surface area contributed by atoms with E-state index in [1.165, 1.54) is 11.8 Å². The average Bonchev–Trinajstić information content (AvgIpc) is 2.84. The summed E-state index contributed by atoms with van der Waals surface area (Å²) in [6.07, 6.45) is 0. The summed E-state index contributed by atoms with van der Waals surface area (Å²) in [4.78, 5) is 23.9. The normalized spacial score (nSPS) is 10.5. The maximum atomic E-state index is 12.1. The lowest BCUT2D eigenvalue weighted by molar-refractivity contribution is -0.119. The van der Waals surface area contributed by atoms with Crippen LogP contribution in [-0.4, -0.2) is 22.7 Å². The van der Waals surface area contributed by atoms with E-state index in [-0.39, 0.29) is 17.6 Å². The standard InChI is InChI=1S/C17H21N3O3S/c1-10-5-6-14(11(2)7-10)17(22)19-18-16(21)9-24-8-15-12(3)20-23-13(15)4/h5-7H,8-9H2,1-4H3,(H,18,21)(H,19,22). The molecule has 1 aromatic carbocycles. The Balaban J connectivity index is 1.77. The van der Waals surface area contributed by atoms with E-state index in [1.807, 2.05) is 39.8 Å². The summed E-state index contributed by atoms with van der Waals surface area (Å²) < 4.78 is 5.08. The molecule has 0 saturated heterocycles. The first kappa shape index (κ1) is 18.1. The zero-order chi connectivity index (χ0) is 17.7. The lowest BCUT2D eigenvalue weighted by atomic mass is 10.1. The second-order valence-electron chi connectivity index (χ2n) is 5.62. The number of hydrogen-bond acceptors (Lipinski definition) is 5. The summed E-state index contributed by atoms with van der Waals surface area (Å²) in [5.74, 6) is 1.06. The van der Waals surface area contributed by atoms with Gasteiger partial charge in [-0.2, -0.15) is 0 Å². The number of aryl methyl sites for hydroxylation is 4. The summed E-state index contributed by atoms with van der Waals surface area (Å²) >= 11 is 1.44. The Kier molecular flexibility index (Phi) is 6.03. The molecule has 0 radical (unpaired) electrons. The van der Waals surface area contributed by atoms with Gasteiger partial charge in [-0.15, -0.1) is 11.8 Å². The molecule has 7 heteroatoms. The largest absolute Gasteiger partial charge is 0.361 e. The number of nitrogens with zero attached hydrogens (tertiary/aromatic N) is 1. The van der Waals surface area contributed by atoms with Gasteiger partial charge in [0.05, 0.1) is 11.4 Å². The molecule has 0 aliphatic heterocycles. The van der Waals surface area contributed by atoms with Crippen LogP contribution in [0.2, 0.25) is 0 Å². The number of thioether (sulfide) groups is 1. The summed E-state index contributed by atoms with van der Waals surface area (Å²) in [6.45, 7) is 7.55. The third-order valence-corrected chi connectivity index (χ3v) is 4.56. The molecule has 2 amide bonds. The Morgan fingerprint density at radius 1 is 1.17 bits per heavy atom. The van der Waals surface area contributed by atoms with E-state index in [4.69, 9.17) is 4.52 Å². The molecule has 0 spiro atoms. The lowest BCUT2D eigenvalue weighted by Crippen LogP contribution is -2.42. The minimum atomic E-state index is -0.323. The molecule has 2 aromatic rings. The SMILES string of the molecule is Cc1ccc(C(=O)NNC(=O)CSCc2c(C)noc2C)c(C)c1. The second kappa shape index (κ2) is 8.01. The van der Waals surface area contributed by atoms with Gasteiger partial charge in [0.2, 0.25) is 5.91 Å². The summed E-state index contributed by atoms with van der Waals surface area (Å²) in [7, 11) is 0.